The van der Waals surface area contributed by atoms with Crippen molar-refractivity contribution in [3.05, 3.63) is 0 Å². The molecule has 1 saturated carbocycles. The van der Waals surface area contributed by atoms with Crippen LogP contribution in [0.1, 0.15) is 71.6 Å². The molecule has 108 valence electrons. The van der Waals surface area contributed by atoms with Crippen molar-refractivity contribution in [3.8, 4) is 0 Å². The van der Waals surface area contributed by atoms with Gasteiger partial charge in [-0.3, -0.25) is 0 Å². The van der Waals surface area contributed by atoms with E-state index in [9.17, 15) is 0 Å². The third kappa shape index (κ3) is 7.38. The maximum atomic E-state index is 5.46. The van der Waals surface area contributed by atoms with E-state index in [1.807, 2.05) is 7.11 Å². The Kier molecular flexibility index (Phi) is 8.70. The lowest BCUT2D eigenvalue weighted by Crippen LogP contribution is -2.37. The minimum atomic E-state index is 0.502. The lowest BCUT2D eigenvalue weighted by Gasteiger charge is -2.29. The molecule has 0 amide bonds. The average molecular weight is 255 g/mol. The molecule has 2 atom stereocenters. The summed E-state index contributed by atoms with van der Waals surface area (Å²) in [5.74, 6) is 0.872. The van der Waals surface area contributed by atoms with E-state index in [1.165, 1.54) is 64.3 Å². The molecule has 0 aromatic rings. The fourth-order valence-corrected chi connectivity index (χ4v) is 2.88. The van der Waals surface area contributed by atoms with Gasteiger partial charge in [0.1, 0.15) is 0 Å². The molecule has 0 saturated heterocycles. The SMILES string of the molecule is COC1CCCC(NCCCCCCC(C)C)C1. The van der Waals surface area contributed by atoms with E-state index in [4.69, 9.17) is 4.74 Å². The second-order valence-electron chi connectivity index (χ2n) is 6.27. The van der Waals surface area contributed by atoms with Crippen molar-refractivity contribution in [1.82, 2.24) is 5.32 Å². The van der Waals surface area contributed by atoms with E-state index in [0.717, 1.165) is 5.92 Å². The summed E-state index contributed by atoms with van der Waals surface area (Å²) in [5.41, 5.74) is 0. The van der Waals surface area contributed by atoms with Gasteiger partial charge in [0.15, 0.2) is 0 Å². The second kappa shape index (κ2) is 9.80. The van der Waals surface area contributed by atoms with Crippen molar-refractivity contribution in [3.63, 3.8) is 0 Å². The summed E-state index contributed by atoms with van der Waals surface area (Å²) < 4.78 is 5.46. The highest BCUT2D eigenvalue weighted by molar-refractivity contribution is 4.78. The molecule has 0 aliphatic heterocycles. The minimum absolute atomic E-state index is 0.502. The molecule has 2 unspecified atom stereocenters. The van der Waals surface area contributed by atoms with Gasteiger partial charge in [-0.15, -0.1) is 0 Å². The molecule has 18 heavy (non-hydrogen) atoms. The van der Waals surface area contributed by atoms with Gasteiger partial charge in [-0.2, -0.15) is 0 Å². The maximum Gasteiger partial charge on any atom is 0.0586 e. The van der Waals surface area contributed by atoms with Crippen LogP contribution in [0.5, 0.6) is 0 Å². The largest absolute Gasteiger partial charge is 0.381 e. The smallest absolute Gasteiger partial charge is 0.0586 e. The van der Waals surface area contributed by atoms with E-state index in [2.05, 4.69) is 19.2 Å². The maximum absolute atomic E-state index is 5.46. The van der Waals surface area contributed by atoms with Crippen LogP contribution in [0.4, 0.5) is 0 Å². The molecule has 1 aliphatic rings. The lowest BCUT2D eigenvalue weighted by molar-refractivity contribution is 0.0589. The van der Waals surface area contributed by atoms with E-state index < -0.39 is 0 Å². The van der Waals surface area contributed by atoms with Crippen LogP contribution in [-0.4, -0.2) is 25.8 Å². The normalized spacial score (nSPS) is 24.7. The third-order valence-electron chi connectivity index (χ3n) is 4.10. The zero-order chi connectivity index (χ0) is 13.2. The summed E-state index contributed by atoms with van der Waals surface area (Å²) in [5, 5.41) is 3.71. The van der Waals surface area contributed by atoms with Crippen molar-refractivity contribution in [2.45, 2.75) is 83.8 Å². The summed E-state index contributed by atoms with van der Waals surface area (Å²) >= 11 is 0. The van der Waals surface area contributed by atoms with Crippen molar-refractivity contribution in [2.75, 3.05) is 13.7 Å². The Morgan fingerprint density at radius 3 is 2.61 bits per heavy atom. The lowest BCUT2D eigenvalue weighted by atomic mass is 9.93. The highest BCUT2D eigenvalue weighted by atomic mass is 16.5. The van der Waals surface area contributed by atoms with Gasteiger partial charge in [-0.25, -0.2) is 0 Å². The highest BCUT2D eigenvalue weighted by Gasteiger charge is 2.20. The molecular weight excluding hydrogens is 222 g/mol. The van der Waals surface area contributed by atoms with Gasteiger partial charge in [-0.1, -0.05) is 39.5 Å². The number of methoxy groups -OCH3 is 1. The molecule has 0 heterocycles. The van der Waals surface area contributed by atoms with Crippen molar-refractivity contribution >= 4 is 0 Å². The van der Waals surface area contributed by atoms with Gasteiger partial charge in [-0.05, 0) is 44.6 Å². The topological polar surface area (TPSA) is 21.3 Å². The second-order valence-corrected chi connectivity index (χ2v) is 6.27. The van der Waals surface area contributed by atoms with Crippen LogP contribution < -0.4 is 5.32 Å². The number of rotatable bonds is 9. The molecule has 2 nitrogen and oxygen atoms in total. The van der Waals surface area contributed by atoms with Crippen LogP contribution in [0.2, 0.25) is 0 Å². The van der Waals surface area contributed by atoms with Crippen molar-refractivity contribution < 1.29 is 4.74 Å². The van der Waals surface area contributed by atoms with Crippen LogP contribution in [0.25, 0.3) is 0 Å². The summed E-state index contributed by atoms with van der Waals surface area (Å²) in [6.45, 7) is 5.83. The summed E-state index contributed by atoms with van der Waals surface area (Å²) in [6.07, 6.45) is 12.6. The monoisotopic (exact) mass is 255 g/mol. The first-order valence-corrected chi connectivity index (χ1v) is 7.98. The molecular formula is C16H33NO. The van der Waals surface area contributed by atoms with Gasteiger partial charge in [0, 0.05) is 13.2 Å². The number of hydrogen-bond acceptors (Lipinski definition) is 2. The Hall–Kier alpha value is -0.0800. The third-order valence-corrected chi connectivity index (χ3v) is 4.10. The Morgan fingerprint density at radius 1 is 1.11 bits per heavy atom. The van der Waals surface area contributed by atoms with Crippen LogP contribution in [0.15, 0.2) is 0 Å². The first kappa shape index (κ1) is 16.0. The number of nitrogens with one attached hydrogen (secondary N) is 1. The fraction of sp³-hybridized carbons (Fsp3) is 1.00. The summed E-state index contributed by atoms with van der Waals surface area (Å²) in [6, 6.07) is 0.708. The van der Waals surface area contributed by atoms with E-state index in [-0.39, 0.29) is 0 Å². The Bertz CT molecular complexity index is 194. The summed E-state index contributed by atoms with van der Waals surface area (Å²) in [4.78, 5) is 0. The van der Waals surface area contributed by atoms with Crippen molar-refractivity contribution in [1.29, 1.82) is 0 Å². The fourth-order valence-electron chi connectivity index (χ4n) is 2.88. The number of ether oxygens (including phenoxy) is 1. The Labute approximate surface area is 114 Å². The highest BCUT2D eigenvalue weighted by Crippen LogP contribution is 2.20. The van der Waals surface area contributed by atoms with Crippen LogP contribution in [0, 0.1) is 5.92 Å². The van der Waals surface area contributed by atoms with Gasteiger partial charge >= 0.3 is 0 Å². The first-order valence-electron chi connectivity index (χ1n) is 7.98. The first-order chi connectivity index (χ1) is 8.72. The molecule has 0 radical (unpaired) electrons. The zero-order valence-corrected chi connectivity index (χ0v) is 12.7. The molecule has 1 aliphatic carbocycles. The molecule has 2 heteroatoms. The molecule has 0 aromatic heterocycles. The standard InChI is InChI=1S/C16H33NO/c1-14(2)9-6-4-5-7-12-17-15-10-8-11-16(13-15)18-3/h14-17H,4-13H2,1-3H3. The van der Waals surface area contributed by atoms with E-state index in [0.29, 0.717) is 12.1 Å². The van der Waals surface area contributed by atoms with Gasteiger partial charge < -0.3 is 10.1 Å². The molecule has 1 rings (SSSR count). The minimum Gasteiger partial charge on any atom is -0.381 e. The van der Waals surface area contributed by atoms with Gasteiger partial charge in [0.25, 0.3) is 0 Å². The van der Waals surface area contributed by atoms with Gasteiger partial charge in [0.2, 0.25) is 0 Å². The Balaban J connectivity index is 1.91. The van der Waals surface area contributed by atoms with Crippen LogP contribution in [-0.2, 0) is 4.74 Å². The number of unbranched alkanes of at least 4 members (excludes halogenated alkanes) is 3. The summed E-state index contributed by atoms with van der Waals surface area (Å²) in [7, 11) is 1.85. The molecule has 1 fully saturated rings. The number of hydrogen-bond donors (Lipinski definition) is 1. The van der Waals surface area contributed by atoms with Gasteiger partial charge in [0.05, 0.1) is 6.10 Å². The predicted octanol–water partition coefficient (Wildman–Crippen LogP) is 4.14. The van der Waals surface area contributed by atoms with E-state index in [1.54, 1.807) is 0 Å². The van der Waals surface area contributed by atoms with E-state index >= 15 is 0 Å². The Morgan fingerprint density at radius 2 is 1.89 bits per heavy atom. The molecule has 1 N–H and O–H groups in total. The molecule has 0 bridgehead atoms. The molecule has 0 spiro atoms. The average Bonchev–Trinajstić information content (AvgIpc) is 2.37. The van der Waals surface area contributed by atoms with Crippen LogP contribution >= 0.6 is 0 Å². The zero-order valence-electron chi connectivity index (χ0n) is 12.7. The quantitative estimate of drug-likeness (QED) is 0.625. The molecule has 0 aromatic carbocycles. The predicted molar refractivity (Wildman–Crippen MR) is 79.0 cm³/mol. The van der Waals surface area contributed by atoms with Crippen LogP contribution in [0.3, 0.4) is 0 Å². The van der Waals surface area contributed by atoms with Crippen molar-refractivity contribution in [2.24, 2.45) is 5.92 Å².